The number of halogens is 4. The maximum Gasteiger partial charge on any atom is 0.573 e. The molecule has 22 heavy (non-hydrogen) atoms. The van der Waals surface area contributed by atoms with Gasteiger partial charge in [0.05, 0.1) is 6.04 Å². The summed E-state index contributed by atoms with van der Waals surface area (Å²) >= 11 is 0. The highest BCUT2D eigenvalue weighted by Gasteiger charge is 2.42. The normalized spacial score (nSPS) is 24.4. The second-order valence-electron chi connectivity index (χ2n) is 5.43. The number of nitrogens with one attached hydrogen (secondary N) is 1. The zero-order chi connectivity index (χ0) is 15.0. The van der Waals surface area contributed by atoms with Crippen LogP contribution >= 0.6 is 24.0 Å². The average Bonchev–Trinajstić information content (AvgIpc) is 3.26. The quantitative estimate of drug-likeness (QED) is 0.441. The molecule has 0 aromatic heterocycles. The molecule has 1 aromatic rings. The molecule has 4 nitrogen and oxygen atoms in total. The van der Waals surface area contributed by atoms with Gasteiger partial charge in [-0.05, 0) is 30.9 Å². The minimum absolute atomic E-state index is 0. The van der Waals surface area contributed by atoms with Crippen molar-refractivity contribution in [3.05, 3.63) is 29.8 Å². The largest absolute Gasteiger partial charge is 0.573 e. The van der Waals surface area contributed by atoms with Gasteiger partial charge in [-0.3, -0.25) is 0 Å². The van der Waals surface area contributed by atoms with Crippen molar-refractivity contribution in [2.75, 3.05) is 0 Å². The smallest absolute Gasteiger partial charge is 0.405 e. The molecular weight excluding hydrogens is 410 g/mol. The van der Waals surface area contributed by atoms with E-state index in [0.29, 0.717) is 24.0 Å². The van der Waals surface area contributed by atoms with E-state index in [2.05, 4.69) is 15.0 Å². The monoisotopic (exact) mass is 427 g/mol. The van der Waals surface area contributed by atoms with Crippen LogP contribution in [-0.2, 0) is 0 Å². The maximum absolute atomic E-state index is 12.4. The molecule has 0 spiro atoms. The van der Waals surface area contributed by atoms with Gasteiger partial charge in [0.25, 0.3) is 0 Å². The molecule has 2 saturated carbocycles. The number of hydrogen-bond acceptors (Lipinski definition) is 2. The number of aliphatic imine (C=N–C) groups is 1. The van der Waals surface area contributed by atoms with E-state index in [4.69, 9.17) is 5.73 Å². The third-order valence-electron chi connectivity index (χ3n) is 3.54. The van der Waals surface area contributed by atoms with Gasteiger partial charge in [-0.25, -0.2) is 4.99 Å². The highest BCUT2D eigenvalue weighted by atomic mass is 127. The van der Waals surface area contributed by atoms with Gasteiger partial charge < -0.3 is 15.8 Å². The fraction of sp³-hybridized carbons (Fsp3) is 0.500. The topological polar surface area (TPSA) is 59.6 Å². The predicted molar refractivity (Wildman–Crippen MR) is 87.5 cm³/mol. The number of benzene rings is 1. The second-order valence-corrected chi connectivity index (χ2v) is 5.43. The van der Waals surface area contributed by atoms with Crippen LogP contribution in [0.3, 0.4) is 0 Å². The fourth-order valence-corrected chi connectivity index (χ4v) is 2.32. The van der Waals surface area contributed by atoms with Crippen LogP contribution in [0, 0.1) is 0 Å². The van der Waals surface area contributed by atoms with Crippen molar-refractivity contribution < 1.29 is 17.9 Å². The predicted octanol–water partition coefficient (Wildman–Crippen LogP) is 3.13. The van der Waals surface area contributed by atoms with E-state index in [0.717, 1.165) is 12.8 Å². The van der Waals surface area contributed by atoms with Crippen LogP contribution in [0.15, 0.2) is 29.3 Å². The van der Waals surface area contributed by atoms with Crippen LogP contribution in [0.25, 0.3) is 0 Å². The highest BCUT2D eigenvalue weighted by Crippen LogP contribution is 2.47. The van der Waals surface area contributed by atoms with Crippen LogP contribution < -0.4 is 15.8 Å². The molecule has 0 heterocycles. The third kappa shape index (κ3) is 4.65. The number of ether oxygens (including phenoxy) is 1. The van der Waals surface area contributed by atoms with Crippen molar-refractivity contribution in [2.45, 2.75) is 43.6 Å². The Morgan fingerprint density at radius 2 is 1.95 bits per heavy atom. The fourth-order valence-electron chi connectivity index (χ4n) is 2.32. The summed E-state index contributed by atoms with van der Waals surface area (Å²) in [6.45, 7) is 0. The Bertz CT molecular complexity index is 561. The molecule has 2 fully saturated rings. The molecule has 0 saturated heterocycles. The number of nitrogens with zero attached hydrogens (tertiary/aromatic N) is 1. The summed E-state index contributed by atoms with van der Waals surface area (Å²) in [5.41, 5.74) is 6.29. The van der Waals surface area contributed by atoms with Crippen LogP contribution in [0.2, 0.25) is 0 Å². The SMILES string of the molecule is I.NC(=NC1CC1c1ccccc1OC(F)(F)F)NC1CC1. The van der Waals surface area contributed by atoms with E-state index >= 15 is 0 Å². The molecule has 2 aliphatic carbocycles. The van der Waals surface area contributed by atoms with Gasteiger partial charge in [-0.15, -0.1) is 37.1 Å². The zero-order valence-electron chi connectivity index (χ0n) is 11.6. The lowest BCUT2D eigenvalue weighted by Crippen LogP contribution is -2.33. The van der Waals surface area contributed by atoms with Gasteiger partial charge in [0.1, 0.15) is 5.75 Å². The first-order valence-electron chi connectivity index (χ1n) is 6.87. The number of para-hydroxylation sites is 1. The number of hydrogen-bond donors (Lipinski definition) is 2. The molecule has 2 aliphatic rings. The van der Waals surface area contributed by atoms with Crippen LogP contribution in [0.5, 0.6) is 5.75 Å². The van der Waals surface area contributed by atoms with E-state index in [1.165, 1.54) is 12.1 Å². The Morgan fingerprint density at radius 3 is 2.59 bits per heavy atom. The lowest BCUT2D eigenvalue weighted by Gasteiger charge is -2.12. The number of alkyl halides is 3. The summed E-state index contributed by atoms with van der Waals surface area (Å²) < 4.78 is 41.2. The lowest BCUT2D eigenvalue weighted by atomic mass is 10.1. The summed E-state index contributed by atoms with van der Waals surface area (Å²) in [4.78, 5) is 4.31. The standard InChI is InChI=1S/C14H16F3N3O.HI/c15-14(16,17)21-12-4-2-1-3-9(12)10-7-11(10)20-13(18)19-8-5-6-8;/h1-4,8,10-11H,5-7H2,(H3,18,19,20);1H. The molecular formula is C14H17F3IN3O. The highest BCUT2D eigenvalue weighted by molar-refractivity contribution is 14.0. The molecule has 1 aromatic carbocycles. The van der Waals surface area contributed by atoms with Crippen molar-refractivity contribution in [3.63, 3.8) is 0 Å². The molecule has 2 atom stereocenters. The molecule has 3 N–H and O–H groups in total. The van der Waals surface area contributed by atoms with Gasteiger partial charge in [0.15, 0.2) is 5.96 Å². The molecule has 0 bridgehead atoms. The van der Waals surface area contributed by atoms with E-state index in [-0.39, 0.29) is 41.7 Å². The summed E-state index contributed by atoms with van der Waals surface area (Å²) in [7, 11) is 0. The van der Waals surface area contributed by atoms with Crippen molar-refractivity contribution in [1.82, 2.24) is 5.32 Å². The van der Waals surface area contributed by atoms with E-state index in [1.807, 2.05) is 0 Å². The van der Waals surface area contributed by atoms with Crippen LogP contribution in [0.4, 0.5) is 13.2 Å². The van der Waals surface area contributed by atoms with Gasteiger partial charge in [-0.2, -0.15) is 0 Å². The average molecular weight is 427 g/mol. The molecule has 0 amide bonds. The Morgan fingerprint density at radius 1 is 1.27 bits per heavy atom. The first kappa shape index (κ1) is 17.2. The van der Waals surface area contributed by atoms with E-state index < -0.39 is 6.36 Å². The van der Waals surface area contributed by atoms with E-state index in [1.54, 1.807) is 12.1 Å². The molecule has 2 unspecified atom stereocenters. The Balaban J connectivity index is 0.00000176. The van der Waals surface area contributed by atoms with Gasteiger partial charge in [0.2, 0.25) is 0 Å². The third-order valence-corrected chi connectivity index (χ3v) is 3.54. The summed E-state index contributed by atoms with van der Waals surface area (Å²) in [5, 5.41) is 3.07. The minimum Gasteiger partial charge on any atom is -0.405 e. The second kappa shape index (κ2) is 6.51. The first-order valence-corrected chi connectivity index (χ1v) is 6.87. The van der Waals surface area contributed by atoms with Crippen LogP contribution in [0.1, 0.15) is 30.7 Å². The van der Waals surface area contributed by atoms with Crippen molar-refractivity contribution in [2.24, 2.45) is 10.7 Å². The number of guanidine groups is 1. The summed E-state index contributed by atoms with van der Waals surface area (Å²) in [6.07, 6.45) is -1.82. The summed E-state index contributed by atoms with van der Waals surface area (Å²) in [5.74, 6) is 0.156. The van der Waals surface area contributed by atoms with Crippen molar-refractivity contribution in [1.29, 1.82) is 0 Å². The number of rotatable bonds is 4. The lowest BCUT2D eigenvalue weighted by molar-refractivity contribution is -0.274. The molecule has 122 valence electrons. The van der Waals surface area contributed by atoms with Gasteiger partial charge in [0, 0.05) is 12.0 Å². The maximum atomic E-state index is 12.4. The van der Waals surface area contributed by atoms with E-state index in [9.17, 15) is 13.2 Å². The molecule has 0 aliphatic heterocycles. The summed E-state index contributed by atoms with van der Waals surface area (Å²) in [6, 6.07) is 6.53. The Hall–Kier alpha value is -1.19. The molecule has 3 rings (SSSR count). The van der Waals surface area contributed by atoms with Gasteiger partial charge in [-0.1, -0.05) is 18.2 Å². The van der Waals surface area contributed by atoms with Crippen molar-refractivity contribution >= 4 is 29.9 Å². The first-order chi connectivity index (χ1) is 9.92. The van der Waals surface area contributed by atoms with Gasteiger partial charge >= 0.3 is 6.36 Å². The number of nitrogens with two attached hydrogens (primary N) is 1. The Kier molecular flexibility index (Phi) is 5.08. The van der Waals surface area contributed by atoms with Crippen LogP contribution in [-0.4, -0.2) is 24.4 Å². The van der Waals surface area contributed by atoms with Crippen molar-refractivity contribution in [3.8, 4) is 5.75 Å². The Labute approximate surface area is 143 Å². The molecule has 0 radical (unpaired) electrons. The minimum atomic E-state index is -4.68. The zero-order valence-corrected chi connectivity index (χ0v) is 14.0. The molecule has 8 heteroatoms.